The molecular formula is C46H54. The van der Waals surface area contributed by atoms with E-state index in [4.69, 9.17) is 0 Å². The van der Waals surface area contributed by atoms with Gasteiger partial charge >= 0.3 is 0 Å². The molecule has 5 rings (SSSR count). The van der Waals surface area contributed by atoms with Crippen LogP contribution in [0.4, 0.5) is 0 Å². The zero-order valence-electron chi connectivity index (χ0n) is 28.6. The van der Waals surface area contributed by atoms with E-state index < -0.39 is 0 Å². The molecular weight excluding hydrogens is 553 g/mol. The SMILES string of the molecule is CCC(C)c1ccc(C(CC)C(Cc2ccccc2)C(CC(CC(CC)c2ccccc2)c2ccccc2)c2ccccc2)cc1. The second-order valence-electron chi connectivity index (χ2n) is 13.5. The van der Waals surface area contributed by atoms with Crippen molar-refractivity contribution >= 4 is 0 Å². The fraction of sp³-hybridized carbons (Fsp3) is 0.348. The Bertz CT molecular complexity index is 1520. The molecule has 5 aromatic carbocycles. The third kappa shape index (κ3) is 8.67. The van der Waals surface area contributed by atoms with E-state index in [9.17, 15) is 0 Å². The van der Waals surface area contributed by atoms with E-state index in [1.807, 2.05) is 0 Å². The molecule has 46 heavy (non-hydrogen) atoms. The van der Waals surface area contributed by atoms with Gasteiger partial charge in [0.15, 0.2) is 0 Å². The largest absolute Gasteiger partial charge is 0.0648 e. The van der Waals surface area contributed by atoms with Crippen LogP contribution in [0, 0.1) is 5.92 Å². The van der Waals surface area contributed by atoms with Crippen LogP contribution < -0.4 is 0 Å². The van der Waals surface area contributed by atoms with Crippen LogP contribution in [0.25, 0.3) is 0 Å². The fourth-order valence-electron chi connectivity index (χ4n) is 7.81. The van der Waals surface area contributed by atoms with Gasteiger partial charge in [0.2, 0.25) is 0 Å². The Morgan fingerprint density at radius 2 is 0.848 bits per heavy atom. The quantitative estimate of drug-likeness (QED) is 0.105. The molecule has 5 aromatic rings. The summed E-state index contributed by atoms with van der Waals surface area (Å²) in [5.74, 6) is 2.93. The predicted molar refractivity (Wildman–Crippen MR) is 199 cm³/mol. The van der Waals surface area contributed by atoms with Crippen molar-refractivity contribution in [2.45, 2.75) is 95.8 Å². The molecule has 0 aliphatic heterocycles. The topological polar surface area (TPSA) is 0 Å². The lowest BCUT2D eigenvalue weighted by Crippen LogP contribution is -2.25. The highest BCUT2D eigenvalue weighted by Crippen LogP contribution is 2.47. The van der Waals surface area contributed by atoms with Gasteiger partial charge in [-0.25, -0.2) is 0 Å². The molecule has 0 radical (unpaired) electrons. The predicted octanol–water partition coefficient (Wildman–Crippen LogP) is 13.1. The normalized spacial score (nSPS) is 15.4. The standard InChI is InChI=1S/C46H54/c1-5-35(4)38-28-30-42(31-29-38)44(7-3)46(32-36-20-12-8-13-21-36)45(41-26-18-11-19-27-41)34-43(40-24-16-10-17-25-40)33-37(6-2)39-22-14-9-15-23-39/h8-31,35,37,43-46H,5-7,32-34H2,1-4H3. The van der Waals surface area contributed by atoms with Gasteiger partial charge in [-0.2, -0.15) is 0 Å². The Labute approximate surface area is 279 Å². The molecule has 0 saturated carbocycles. The fourth-order valence-corrected chi connectivity index (χ4v) is 7.81. The van der Waals surface area contributed by atoms with Crippen molar-refractivity contribution in [3.63, 3.8) is 0 Å². The second kappa shape index (κ2) is 17.1. The van der Waals surface area contributed by atoms with E-state index in [1.54, 1.807) is 0 Å². The summed E-state index contributed by atoms with van der Waals surface area (Å²) in [6.45, 7) is 9.41. The minimum atomic E-state index is 0.416. The maximum absolute atomic E-state index is 2.45. The summed E-state index contributed by atoms with van der Waals surface area (Å²) in [7, 11) is 0. The molecule has 0 saturated heterocycles. The van der Waals surface area contributed by atoms with Crippen molar-refractivity contribution in [3.05, 3.63) is 179 Å². The Hall–Kier alpha value is -3.90. The molecule has 0 nitrogen and oxygen atoms in total. The smallest absolute Gasteiger partial charge is 0.0119 e. The first kappa shape index (κ1) is 33.5. The summed E-state index contributed by atoms with van der Waals surface area (Å²) in [6.07, 6.45) is 6.82. The molecule has 6 atom stereocenters. The van der Waals surface area contributed by atoms with Gasteiger partial charge < -0.3 is 0 Å². The first-order valence-corrected chi connectivity index (χ1v) is 17.9. The summed E-state index contributed by atoms with van der Waals surface area (Å²) < 4.78 is 0. The van der Waals surface area contributed by atoms with Crippen LogP contribution in [-0.4, -0.2) is 0 Å². The number of hydrogen-bond donors (Lipinski definition) is 0. The highest BCUT2D eigenvalue weighted by Gasteiger charge is 2.34. The van der Waals surface area contributed by atoms with Gasteiger partial charge in [-0.3, -0.25) is 0 Å². The van der Waals surface area contributed by atoms with Crippen molar-refractivity contribution in [1.29, 1.82) is 0 Å². The van der Waals surface area contributed by atoms with Crippen LogP contribution in [0.15, 0.2) is 146 Å². The molecule has 0 heteroatoms. The molecule has 0 aliphatic rings. The van der Waals surface area contributed by atoms with Crippen molar-refractivity contribution in [1.82, 2.24) is 0 Å². The maximum atomic E-state index is 2.45. The molecule has 0 spiro atoms. The number of rotatable bonds is 16. The van der Waals surface area contributed by atoms with Crippen LogP contribution in [0.2, 0.25) is 0 Å². The summed E-state index contributed by atoms with van der Waals surface area (Å²) in [5, 5.41) is 0. The minimum Gasteiger partial charge on any atom is -0.0648 e. The average Bonchev–Trinajstić information content (AvgIpc) is 3.13. The molecule has 0 N–H and O–H groups in total. The van der Waals surface area contributed by atoms with Gasteiger partial charge in [0, 0.05) is 0 Å². The lowest BCUT2D eigenvalue weighted by molar-refractivity contribution is 0.302. The lowest BCUT2D eigenvalue weighted by atomic mass is 9.67. The Morgan fingerprint density at radius 3 is 1.35 bits per heavy atom. The average molecular weight is 607 g/mol. The van der Waals surface area contributed by atoms with Crippen molar-refractivity contribution in [3.8, 4) is 0 Å². The molecule has 0 bridgehead atoms. The Balaban J connectivity index is 1.59. The van der Waals surface area contributed by atoms with Gasteiger partial charge in [0.25, 0.3) is 0 Å². The highest BCUT2D eigenvalue weighted by molar-refractivity contribution is 5.32. The molecule has 0 aliphatic carbocycles. The number of hydrogen-bond acceptors (Lipinski definition) is 0. The lowest BCUT2D eigenvalue weighted by Gasteiger charge is -2.37. The molecule has 0 amide bonds. The summed E-state index contributed by atoms with van der Waals surface area (Å²) in [4.78, 5) is 0. The van der Waals surface area contributed by atoms with Crippen molar-refractivity contribution in [2.24, 2.45) is 5.92 Å². The molecule has 0 fully saturated rings. The minimum absolute atomic E-state index is 0.416. The number of benzene rings is 5. The van der Waals surface area contributed by atoms with Crippen molar-refractivity contribution < 1.29 is 0 Å². The van der Waals surface area contributed by atoms with Crippen LogP contribution in [-0.2, 0) is 6.42 Å². The van der Waals surface area contributed by atoms with E-state index in [0.29, 0.717) is 35.5 Å². The van der Waals surface area contributed by atoms with Crippen LogP contribution in [0.3, 0.4) is 0 Å². The van der Waals surface area contributed by atoms with Crippen molar-refractivity contribution in [2.75, 3.05) is 0 Å². The molecule has 0 heterocycles. The highest BCUT2D eigenvalue weighted by atomic mass is 14.4. The summed E-state index contributed by atoms with van der Waals surface area (Å²) in [5.41, 5.74) is 8.80. The van der Waals surface area contributed by atoms with E-state index in [1.165, 1.54) is 39.8 Å². The van der Waals surface area contributed by atoms with Crippen LogP contribution >= 0.6 is 0 Å². The Kier molecular flexibility index (Phi) is 12.5. The van der Waals surface area contributed by atoms with Gasteiger partial charge in [0.1, 0.15) is 0 Å². The zero-order chi connectivity index (χ0) is 32.1. The van der Waals surface area contributed by atoms with E-state index >= 15 is 0 Å². The van der Waals surface area contributed by atoms with Gasteiger partial charge in [0.05, 0.1) is 0 Å². The summed E-state index contributed by atoms with van der Waals surface area (Å²) in [6, 6.07) is 55.0. The van der Waals surface area contributed by atoms with Crippen LogP contribution in [0.5, 0.6) is 0 Å². The first-order chi connectivity index (χ1) is 22.6. The first-order valence-electron chi connectivity index (χ1n) is 17.9. The van der Waals surface area contributed by atoms with Gasteiger partial charge in [-0.05, 0) is 107 Å². The van der Waals surface area contributed by atoms with E-state index in [-0.39, 0.29) is 0 Å². The van der Waals surface area contributed by atoms with Crippen LogP contribution in [0.1, 0.15) is 123 Å². The van der Waals surface area contributed by atoms with E-state index in [0.717, 1.165) is 32.1 Å². The second-order valence-corrected chi connectivity index (χ2v) is 13.5. The summed E-state index contributed by atoms with van der Waals surface area (Å²) >= 11 is 0. The monoisotopic (exact) mass is 606 g/mol. The van der Waals surface area contributed by atoms with E-state index in [2.05, 4.69) is 173 Å². The Morgan fingerprint density at radius 1 is 0.391 bits per heavy atom. The third-order valence-electron chi connectivity index (χ3n) is 10.7. The molecule has 238 valence electrons. The maximum Gasteiger partial charge on any atom is -0.0119 e. The molecule has 0 aromatic heterocycles. The van der Waals surface area contributed by atoms with Gasteiger partial charge in [-0.15, -0.1) is 0 Å². The third-order valence-corrected chi connectivity index (χ3v) is 10.7. The zero-order valence-corrected chi connectivity index (χ0v) is 28.6. The molecule has 6 unspecified atom stereocenters. The van der Waals surface area contributed by atoms with Gasteiger partial charge in [-0.1, -0.05) is 173 Å².